The fraction of sp³-hybridized carbons (Fsp3) is 0.571. The zero-order valence-corrected chi connectivity index (χ0v) is 11.9. The minimum Gasteiger partial charge on any atom is -0.388 e. The Kier molecular flexibility index (Phi) is 5.56. The molecule has 20 heavy (non-hydrogen) atoms. The Morgan fingerprint density at radius 3 is 2.20 bits per heavy atom. The number of hydrogen-bond acceptors (Lipinski definition) is 3. The number of nitrogens with one attached hydrogen (secondary N) is 1. The molecule has 0 radical (unpaired) electrons. The fourth-order valence-corrected chi connectivity index (χ4v) is 2.13. The highest BCUT2D eigenvalue weighted by Crippen LogP contribution is 2.32. The highest BCUT2D eigenvalue weighted by atomic mass is 19.4. The Morgan fingerprint density at radius 1 is 1.20 bits per heavy atom. The maximum Gasteiger partial charge on any atom is 0.407 e. The van der Waals surface area contributed by atoms with Gasteiger partial charge in [0, 0.05) is 13.1 Å². The van der Waals surface area contributed by atoms with Gasteiger partial charge in [0.05, 0.1) is 5.60 Å². The molecule has 0 aliphatic rings. The van der Waals surface area contributed by atoms with Gasteiger partial charge < -0.3 is 10.0 Å². The first-order chi connectivity index (χ1) is 9.12. The number of halogens is 3. The maximum absolute atomic E-state index is 13.1. The van der Waals surface area contributed by atoms with E-state index < -0.39 is 17.8 Å². The van der Waals surface area contributed by atoms with Gasteiger partial charge in [-0.2, -0.15) is 13.2 Å². The van der Waals surface area contributed by atoms with Gasteiger partial charge in [-0.3, -0.25) is 5.32 Å². The van der Waals surface area contributed by atoms with Crippen LogP contribution in [0.4, 0.5) is 13.2 Å². The van der Waals surface area contributed by atoms with E-state index in [-0.39, 0.29) is 18.7 Å². The van der Waals surface area contributed by atoms with E-state index in [1.165, 1.54) is 19.1 Å². The smallest absolute Gasteiger partial charge is 0.388 e. The average Bonchev–Trinajstić information content (AvgIpc) is 2.26. The Hall–Kier alpha value is -1.11. The van der Waals surface area contributed by atoms with Gasteiger partial charge in [-0.05, 0) is 26.6 Å². The first-order valence-electron chi connectivity index (χ1n) is 6.34. The number of alkyl halides is 3. The van der Waals surface area contributed by atoms with Gasteiger partial charge in [-0.25, -0.2) is 0 Å². The molecule has 2 atom stereocenters. The number of nitrogens with zero attached hydrogens (tertiary/aromatic N) is 1. The molecule has 2 N–H and O–H groups in total. The zero-order chi connectivity index (χ0) is 15.4. The van der Waals surface area contributed by atoms with Crippen LogP contribution in [0.25, 0.3) is 0 Å². The molecule has 1 aromatic carbocycles. The van der Waals surface area contributed by atoms with Crippen molar-refractivity contribution in [2.45, 2.75) is 24.7 Å². The van der Waals surface area contributed by atoms with E-state index in [9.17, 15) is 18.3 Å². The number of rotatable bonds is 6. The van der Waals surface area contributed by atoms with Crippen molar-refractivity contribution in [3.63, 3.8) is 0 Å². The molecule has 1 rings (SSSR count). The summed E-state index contributed by atoms with van der Waals surface area (Å²) < 4.78 is 39.3. The summed E-state index contributed by atoms with van der Waals surface area (Å²) in [5.41, 5.74) is -1.09. The molecule has 0 heterocycles. The quantitative estimate of drug-likeness (QED) is 0.843. The largest absolute Gasteiger partial charge is 0.407 e. The number of likely N-dealkylation sites (N-methyl/N-ethyl adjacent to an activating group) is 1. The summed E-state index contributed by atoms with van der Waals surface area (Å²) in [6.07, 6.45) is -4.41. The van der Waals surface area contributed by atoms with Crippen LogP contribution >= 0.6 is 0 Å². The van der Waals surface area contributed by atoms with Crippen molar-refractivity contribution in [1.82, 2.24) is 10.2 Å². The lowest BCUT2D eigenvalue weighted by Crippen LogP contribution is -2.48. The Morgan fingerprint density at radius 2 is 1.75 bits per heavy atom. The maximum atomic E-state index is 13.1. The molecule has 0 spiro atoms. The van der Waals surface area contributed by atoms with Crippen molar-refractivity contribution in [2.24, 2.45) is 0 Å². The predicted octanol–water partition coefficient (Wildman–Crippen LogP) is 2.19. The van der Waals surface area contributed by atoms with Crippen LogP contribution in [0.1, 0.15) is 18.5 Å². The summed E-state index contributed by atoms with van der Waals surface area (Å²) in [4.78, 5) is 1.73. The standard InChI is InChI=1S/C14H21F3N2O/c1-13(20,10-19(2)3)9-18-12(14(15,16)17)11-7-5-4-6-8-11/h4-8,12,18,20H,9-10H2,1-3H3. The zero-order valence-electron chi connectivity index (χ0n) is 11.9. The summed E-state index contributed by atoms with van der Waals surface area (Å²) in [7, 11) is 3.51. The van der Waals surface area contributed by atoms with Crippen molar-refractivity contribution >= 4 is 0 Å². The molecule has 6 heteroatoms. The average molecular weight is 290 g/mol. The number of aliphatic hydroxyl groups is 1. The second-order valence-corrected chi connectivity index (χ2v) is 5.50. The molecular formula is C14H21F3N2O. The van der Waals surface area contributed by atoms with Gasteiger partial charge in [0.1, 0.15) is 6.04 Å². The first kappa shape index (κ1) is 16.9. The molecule has 0 amide bonds. The minimum absolute atomic E-state index is 0.139. The van der Waals surface area contributed by atoms with Crippen molar-refractivity contribution in [3.05, 3.63) is 35.9 Å². The van der Waals surface area contributed by atoms with E-state index in [2.05, 4.69) is 5.32 Å². The van der Waals surface area contributed by atoms with Crippen LogP contribution in [-0.4, -0.2) is 49.0 Å². The van der Waals surface area contributed by atoms with Gasteiger partial charge in [0.25, 0.3) is 0 Å². The molecule has 0 fully saturated rings. The number of benzene rings is 1. The van der Waals surface area contributed by atoms with Gasteiger partial charge in [0.15, 0.2) is 0 Å². The third-order valence-corrected chi connectivity index (χ3v) is 2.80. The Bertz CT molecular complexity index is 405. The summed E-state index contributed by atoms with van der Waals surface area (Å²) in [6, 6.07) is 5.86. The van der Waals surface area contributed by atoms with E-state index >= 15 is 0 Å². The third kappa shape index (κ3) is 5.48. The minimum atomic E-state index is -4.41. The molecule has 0 aliphatic heterocycles. The topological polar surface area (TPSA) is 35.5 Å². The lowest BCUT2D eigenvalue weighted by atomic mass is 10.0. The fourth-order valence-electron chi connectivity index (χ4n) is 2.13. The first-order valence-corrected chi connectivity index (χ1v) is 6.34. The van der Waals surface area contributed by atoms with Crippen LogP contribution in [-0.2, 0) is 0 Å². The van der Waals surface area contributed by atoms with Crippen LogP contribution in [0.15, 0.2) is 30.3 Å². The van der Waals surface area contributed by atoms with Crippen LogP contribution in [0.2, 0.25) is 0 Å². The molecule has 0 bridgehead atoms. The van der Waals surface area contributed by atoms with E-state index in [0.717, 1.165) is 0 Å². The summed E-state index contributed by atoms with van der Waals surface area (Å²) in [5, 5.41) is 12.5. The van der Waals surface area contributed by atoms with Gasteiger partial charge in [-0.1, -0.05) is 30.3 Å². The van der Waals surface area contributed by atoms with Gasteiger partial charge in [0.2, 0.25) is 0 Å². The summed E-state index contributed by atoms with van der Waals surface area (Å²) in [5.74, 6) is 0. The van der Waals surface area contributed by atoms with Crippen molar-refractivity contribution in [2.75, 3.05) is 27.2 Å². The highest BCUT2D eigenvalue weighted by Gasteiger charge is 2.41. The molecule has 0 saturated heterocycles. The molecule has 2 unspecified atom stereocenters. The lowest BCUT2D eigenvalue weighted by Gasteiger charge is -2.30. The normalized spacial score (nSPS) is 17.0. The monoisotopic (exact) mass is 290 g/mol. The molecular weight excluding hydrogens is 269 g/mol. The van der Waals surface area contributed by atoms with Crippen molar-refractivity contribution in [3.8, 4) is 0 Å². The SMILES string of the molecule is CN(C)CC(C)(O)CNC(c1ccccc1)C(F)(F)F. The summed E-state index contributed by atoms with van der Waals surface area (Å²) in [6.45, 7) is 1.64. The van der Waals surface area contributed by atoms with E-state index in [0.29, 0.717) is 0 Å². The van der Waals surface area contributed by atoms with Crippen LogP contribution in [0.3, 0.4) is 0 Å². The van der Waals surface area contributed by atoms with E-state index in [1.54, 1.807) is 37.2 Å². The number of hydrogen-bond donors (Lipinski definition) is 2. The second-order valence-electron chi connectivity index (χ2n) is 5.50. The highest BCUT2D eigenvalue weighted by molar-refractivity contribution is 5.20. The summed E-state index contributed by atoms with van der Waals surface area (Å²) >= 11 is 0. The Balaban J connectivity index is 2.78. The third-order valence-electron chi connectivity index (χ3n) is 2.80. The van der Waals surface area contributed by atoms with Crippen molar-refractivity contribution < 1.29 is 18.3 Å². The Labute approximate surface area is 117 Å². The molecule has 0 saturated carbocycles. The molecule has 114 valence electrons. The van der Waals surface area contributed by atoms with E-state index in [4.69, 9.17) is 0 Å². The van der Waals surface area contributed by atoms with Crippen LogP contribution in [0.5, 0.6) is 0 Å². The van der Waals surface area contributed by atoms with Crippen LogP contribution in [0, 0.1) is 0 Å². The van der Waals surface area contributed by atoms with Gasteiger partial charge in [-0.15, -0.1) is 0 Å². The van der Waals surface area contributed by atoms with Crippen LogP contribution < -0.4 is 5.32 Å². The molecule has 0 aliphatic carbocycles. The lowest BCUT2D eigenvalue weighted by molar-refractivity contribution is -0.160. The van der Waals surface area contributed by atoms with E-state index in [1.807, 2.05) is 0 Å². The van der Waals surface area contributed by atoms with Crippen molar-refractivity contribution in [1.29, 1.82) is 0 Å². The predicted molar refractivity (Wildman–Crippen MR) is 72.4 cm³/mol. The second kappa shape index (κ2) is 6.56. The van der Waals surface area contributed by atoms with Gasteiger partial charge >= 0.3 is 6.18 Å². The molecule has 3 nitrogen and oxygen atoms in total. The molecule has 1 aromatic rings. The molecule has 0 aromatic heterocycles.